The zero-order chi connectivity index (χ0) is 7.82. The molecule has 0 aromatic carbocycles. The van der Waals surface area contributed by atoms with E-state index in [1.807, 2.05) is 6.92 Å². The van der Waals surface area contributed by atoms with E-state index >= 15 is 0 Å². The number of hydrogen-bond donors (Lipinski definition) is 0. The number of alkyl halides is 2. The molecule has 10 heavy (non-hydrogen) atoms. The van der Waals surface area contributed by atoms with Crippen molar-refractivity contribution in [3.05, 3.63) is 0 Å². The summed E-state index contributed by atoms with van der Waals surface area (Å²) in [5, 5.41) is 0. The van der Waals surface area contributed by atoms with Crippen molar-refractivity contribution in [2.45, 2.75) is 25.9 Å². The SMILES string of the molecule is CCC(F)CSCCCF. The molecule has 0 fully saturated rings. The molecule has 0 aromatic rings. The van der Waals surface area contributed by atoms with Gasteiger partial charge in [-0.3, -0.25) is 4.39 Å². The maximum atomic E-state index is 12.4. The van der Waals surface area contributed by atoms with Gasteiger partial charge in [-0.2, -0.15) is 11.8 Å². The highest BCUT2D eigenvalue weighted by molar-refractivity contribution is 7.99. The van der Waals surface area contributed by atoms with Crippen LogP contribution >= 0.6 is 11.8 Å². The molecule has 0 spiro atoms. The molecule has 0 aliphatic heterocycles. The molecule has 0 bridgehead atoms. The quantitative estimate of drug-likeness (QED) is 0.549. The van der Waals surface area contributed by atoms with Crippen molar-refractivity contribution in [3.63, 3.8) is 0 Å². The topological polar surface area (TPSA) is 0 Å². The largest absolute Gasteiger partial charge is 0.251 e. The van der Waals surface area contributed by atoms with E-state index < -0.39 is 6.17 Å². The van der Waals surface area contributed by atoms with Crippen LogP contribution < -0.4 is 0 Å². The monoisotopic (exact) mass is 168 g/mol. The van der Waals surface area contributed by atoms with Crippen LogP contribution in [-0.2, 0) is 0 Å². The second-order valence-electron chi connectivity index (χ2n) is 2.12. The van der Waals surface area contributed by atoms with E-state index in [4.69, 9.17) is 0 Å². The first-order valence-corrected chi connectivity index (χ1v) is 4.74. The predicted molar refractivity (Wildman–Crippen MR) is 43.1 cm³/mol. The van der Waals surface area contributed by atoms with Crippen molar-refractivity contribution >= 4 is 11.8 Å². The molecule has 3 heteroatoms. The highest BCUT2D eigenvalue weighted by Gasteiger charge is 2.01. The molecule has 0 N–H and O–H groups in total. The zero-order valence-electron chi connectivity index (χ0n) is 6.28. The first kappa shape index (κ1) is 10.2. The van der Waals surface area contributed by atoms with Crippen LogP contribution in [0.2, 0.25) is 0 Å². The third-order valence-electron chi connectivity index (χ3n) is 1.16. The Morgan fingerprint density at radius 3 is 2.70 bits per heavy atom. The Morgan fingerprint density at radius 2 is 2.20 bits per heavy atom. The average Bonchev–Trinajstić information content (AvgIpc) is 1.98. The van der Waals surface area contributed by atoms with Crippen LogP contribution in [0, 0.1) is 0 Å². The summed E-state index contributed by atoms with van der Waals surface area (Å²) >= 11 is 1.50. The average molecular weight is 168 g/mol. The molecular formula is C7H14F2S. The number of hydrogen-bond acceptors (Lipinski definition) is 1. The molecule has 0 aliphatic rings. The Kier molecular flexibility index (Phi) is 7.47. The minimum Gasteiger partial charge on any atom is -0.251 e. The lowest BCUT2D eigenvalue weighted by molar-refractivity contribution is 0.358. The van der Waals surface area contributed by atoms with Gasteiger partial charge in [0, 0.05) is 5.75 Å². The fraction of sp³-hybridized carbons (Fsp3) is 1.00. The lowest BCUT2D eigenvalue weighted by Crippen LogP contribution is -2.01. The number of rotatable bonds is 6. The zero-order valence-corrected chi connectivity index (χ0v) is 7.09. The molecule has 0 aromatic heterocycles. The summed E-state index contributed by atoms with van der Waals surface area (Å²) in [7, 11) is 0. The van der Waals surface area contributed by atoms with Crippen molar-refractivity contribution < 1.29 is 8.78 Å². The Bertz CT molecular complexity index is 68.6. The summed E-state index contributed by atoms with van der Waals surface area (Å²) in [6.45, 7) is 1.54. The van der Waals surface area contributed by atoms with Crippen LogP contribution in [-0.4, -0.2) is 24.4 Å². The van der Waals surface area contributed by atoms with Crippen molar-refractivity contribution in [3.8, 4) is 0 Å². The van der Waals surface area contributed by atoms with Gasteiger partial charge in [0.15, 0.2) is 0 Å². The molecule has 0 radical (unpaired) electrons. The molecule has 0 amide bonds. The summed E-state index contributed by atoms with van der Waals surface area (Å²) in [5.74, 6) is 1.27. The summed E-state index contributed by atoms with van der Waals surface area (Å²) < 4.78 is 23.9. The van der Waals surface area contributed by atoms with Crippen molar-refractivity contribution in [1.82, 2.24) is 0 Å². The minimum absolute atomic E-state index is 0.282. The first-order valence-electron chi connectivity index (χ1n) is 3.59. The summed E-state index contributed by atoms with van der Waals surface area (Å²) in [6.07, 6.45) is 0.425. The van der Waals surface area contributed by atoms with E-state index in [0.29, 0.717) is 18.6 Å². The van der Waals surface area contributed by atoms with Gasteiger partial charge in [0.05, 0.1) is 6.67 Å². The first-order chi connectivity index (χ1) is 4.81. The van der Waals surface area contributed by atoms with Crippen LogP contribution in [0.4, 0.5) is 8.78 Å². The van der Waals surface area contributed by atoms with Crippen LogP contribution in [0.3, 0.4) is 0 Å². The van der Waals surface area contributed by atoms with E-state index in [-0.39, 0.29) is 6.67 Å². The molecule has 0 heterocycles. The van der Waals surface area contributed by atoms with Gasteiger partial charge >= 0.3 is 0 Å². The molecule has 1 atom stereocenters. The van der Waals surface area contributed by atoms with Crippen molar-refractivity contribution in [2.75, 3.05) is 18.2 Å². The van der Waals surface area contributed by atoms with E-state index in [1.165, 1.54) is 11.8 Å². The lowest BCUT2D eigenvalue weighted by atomic mass is 10.3. The van der Waals surface area contributed by atoms with Crippen LogP contribution in [0.25, 0.3) is 0 Å². The molecule has 0 rings (SSSR count). The Morgan fingerprint density at radius 1 is 1.50 bits per heavy atom. The van der Waals surface area contributed by atoms with E-state index in [2.05, 4.69) is 0 Å². The fourth-order valence-corrected chi connectivity index (χ4v) is 1.46. The molecule has 0 aliphatic carbocycles. The third kappa shape index (κ3) is 6.33. The second-order valence-corrected chi connectivity index (χ2v) is 3.27. The fourth-order valence-electron chi connectivity index (χ4n) is 0.486. The van der Waals surface area contributed by atoms with Crippen LogP contribution in [0.1, 0.15) is 19.8 Å². The summed E-state index contributed by atoms with van der Waals surface area (Å²) in [5.41, 5.74) is 0. The molecule has 62 valence electrons. The van der Waals surface area contributed by atoms with Crippen LogP contribution in [0.5, 0.6) is 0 Å². The van der Waals surface area contributed by atoms with Gasteiger partial charge in [0.1, 0.15) is 6.17 Å². The van der Waals surface area contributed by atoms with Crippen LogP contribution in [0.15, 0.2) is 0 Å². The third-order valence-corrected chi connectivity index (χ3v) is 2.34. The Labute approximate surface area is 65.4 Å². The van der Waals surface area contributed by atoms with Gasteiger partial charge in [-0.05, 0) is 18.6 Å². The van der Waals surface area contributed by atoms with Gasteiger partial charge in [0.2, 0.25) is 0 Å². The van der Waals surface area contributed by atoms with Gasteiger partial charge in [-0.1, -0.05) is 6.92 Å². The number of halogens is 2. The van der Waals surface area contributed by atoms with Crippen molar-refractivity contribution in [1.29, 1.82) is 0 Å². The van der Waals surface area contributed by atoms with E-state index in [0.717, 1.165) is 5.75 Å². The van der Waals surface area contributed by atoms with E-state index in [1.54, 1.807) is 0 Å². The van der Waals surface area contributed by atoms with Gasteiger partial charge in [-0.15, -0.1) is 0 Å². The Balaban J connectivity index is 2.89. The highest BCUT2D eigenvalue weighted by atomic mass is 32.2. The maximum Gasteiger partial charge on any atom is 0.109 e. The van der Waals surface area contributed by atoms with Crippen molar-refractivity contribution in [2.24, 2.45) is 0 Å². The van der Waals surface area contributed by atoms with Gasteiger partial charge in [-0.25, -0.2) is 4.39 Å². The minimum atomic E-state index is -0.704. The van der Waals surface area contributed by atoms with E-state index in [9.17, 15) is 8.78 Å². The normalized spacial score (nSPS) is 13.5. The standard InChI is InChI=1S/C7H14F2S/c1-2-7(9)6-10-5-3-4-8/h7H,2-6H2,1H3. The predicted octanol–water partition coefficient (Wildman–Crippen LogP) is 2.83. The van der Waals surface area contributed by atoms with Gasteiger partial charge in [0.25, 0.3) is 0 Å². The Hall–Kier alpha value is 0.210. The highest BCUT2D eigenvalue weighted by Crippen LogP contribution is 2.09. The molecule has 0 nitrogen and oxygen atoms in total. The van der Waals surface area contributed by atoms with Gasteiger partial charge < -0.3 is 0 Å². The maximum absolute atomic E-state index is 12.4. The molecule has 0 saturated heterocycles. The number of thioether (sulfide) groups is 1. The summed E-state index contributed by atoms with van der Waals surface area (Å²) in [4.78, 5) is 0. The lowest BCUT2D eigenvalue weighted by Gasteiger charge is -2.02. The second kappa shape index (κ2) is 7.32. The molecule has 0 saturated carbocycles. The summed E-state index contributed by atoms with van der Waals surface area (Å²) in [6, 6.07) is 0. The molecular weight excluding hydrogens is 154 g/mol. The molecule has 1 unspecified atom stereocenters. The smallest absolute Gasteiger partial charge is 0.109 e.